The number of carboxylic acids is 1. The van der Waals surface area contributed by atoms with Gasteiger partial charge in [0.25, 0.3) is 0 Å². The molecule has 0 amide bonds. The van der Waals surface area contributed by atoms with Crippen molar-refractivity contribution in [2.45, 2.75) is 12.5 Å². The summed E-state index contributed by atoms with van der Waals surface area (Å²) in [5.41, 5.74) is 1.13. The average Bonchev–Trinajstić information content (AvgIpc) is 2.19. The van der Waals surface area contributed by atoms with Crippen LogP contribution in [0, 0.1) is 0 Å². The highest BCUT2D eigenvalue weighted by atomic mass is 79.9. The first kappa shape index (κ1) is 10.2. The van der Waals surface area contributed by atoms with E-state index >= 15 is 0 Å². The summed E-state index contributed by atoms with van der Waals surface area (Å²) in [5.74, 6) is -1.70. The number of cyclic esters (lactones) is 1. The van der Waals surface area contributed by atoms with Gasteiger partial charge in [0.05, 0.1) is 5.56 Å². The van der Waals surface area contributed by atoms with Gasteiger partial charge in [-0.25, -0.2) is 9.59 Å². The van der Waals surface area contributed by atoms with Crippen LogP contribution < -0.4 is 0 Å². The minimum absolute atomic E-state index is 0.206. The van der Waals surface area contributed by atoms with Crippen LogP contribution in [0.5, 0.6) is 0 Å². The van der Waals surface area contributed by atoms with Crippen LogP contribution in [-0.4, -0.2) is 23.1 Å². The molecule has 15 heavy (non-hydrogen) atoms. The quantitative estimate of drug-likeness (QED) is 0.788. The van der Waals surface area contributed by atoms with E-state index in [4.69, 9.17) is 9.84 Å². The first-order valence-corrected chi connectivity index (χ1v) is 5.10. The summed E-state index contributed by atoms with van der Waals surface area (Å²) in [6, 6.07) is 5.11. The van der Waals surface area contributed by atoms with Gasteiger partial charge in [-0.1, -0.05) is 22.0 Å². The van der Waals surface area contributed by atoms with Gasteiger partial charge in [0, 0.05) is 10.9 Å². The highest BCUT2D eigenvalue weighted by Crippen LogP contribution is 2.27. The van der Waals surface area contributed by atoms with Crippen LogP contribution in [0.2, 0.25) is 0 Å². The maximum atomic E-state index is 11.4. The number of esters is 1. The first-order valence-electron chi connectivity index (χ1n) is 4.31. The Morgan fingerprint density at radius 1 is 1.53 bits per heavy atom. The van der Waals surface area contributed by atoms with Crippen molar-refractivity contribution in [2.75, 3.05) is 0 Å². The molecule has 0 fully saturated rings. The third-order valence-electron chi connectivity index (χ3n) is 2.25. The minimum Gasteiger partial charge on any atom is -0.478 e. The van der Waals surface area contributed by atoms with E-state index in [-0.39, 0.29) is 6.42 Å². The third-order valence-corrected chi connectivity index (χ3v) is 3.00. The van der Waals surface area contributed by atoms with Gasteiger partial charge in [-0.15, -0.1) is 0 Å². The van der Waals surface area contributed by atoms with E-state index in [1.807, 2.05) is 0 Å². The van der Waals surface area contributed by atoms with Crippen LogP contribution in [0.15, 0.2) is 22.7 Å². The smallest absolute Gasteiger partial charge is 0.345 e. The van der Waals surface area contributed by atoms with Crippen LogP contribution in [0.25, 0.3) is 0 Å². The second-order valence-corrected chi connectivity index (χ2v) is 4.06. The van der Waals surface area contributed by atoms with Gasteiger partial charge < -0.3 is 9.84 Å². The molecule has 0 saturated carbocycles. The molecule has 1 aromatic carbocycles. The third kappa shape index (κ3) is 1.74. The van der Waals surface area contributed by atoms with Crippen molar-refractivity contribution in [1.82, 2.24) is 0 Å². The topological polar surface area (TPSA) is 63.6 Å². The molecule has 1 aliphatic rings. The zero-order chi connectivity index (χ0) is 11.0. The van der Waals surface area contributed by atoms with Crippen molar-refractivity contribution in [3.8, 4) is 0 Å². The Morgan fingerprint density at radius 3 is 2.93 bits per heavy atom. The highest BCUT2D eigenvalue weighted by Gasteiger charge is 2.31. The molecule has 5 heteroatoms. The minimum atomic E-state index is -1.12. The Hall–Kier alpha value is -1.36. The van der Waals surface area contributed by atoms with E-state index in [0.717, 1.165) is 4.47 Å². The fourth-order valence-corrected chi connectivity index (χ4v) is 2.04. The highest BCUT2D eigenvalue weighted by molar-refractivity contribution is 9.10. The number of ether oxygens (including phenoxy) is 1. The van der Waals surface area contributed by atoms with Gasteiger partial charge in [0.2, 0.25) is 6.10 Å². The van der Waals surface area contributed by atoms with E-state index in [2.05, 4.69) is 15.9 Å². The van der Waals surface area contributed by atoms with Crippen molar-refractivity contribution in [2.24, 2.45) is 0 Å². The van der Waals surface area contributed by atoms with Crippen LogP contribution in [0.1, 0.15) is 15.9 Å². The molecule has 0 aliphatic carbocycles. The SMILES string of the molecule is O=C1OC(C(=O)O)Cc2c(Br)cccc21. The molecule has 2 rings (SSSR count). The van der Waals surface area contributed by atoms with Crippen molar-refractivity contribution in [3.05, 3.63) is 33.8 Å². The van der Waals surface area contributed by atoms with Gasteiger partial charge in [-0.3, -0.25) is 0 Å². The molecule has 0 radical (unpaired) electrons. The maximum absolute atomic E-state index is 11.4. The van der Waals surface area contributed by atoms with E-state index in [1.165, 1.54) is 0 Å². The molecular weight excluding hydrogens is 264 g/mol. The number of rotatable bonds is 1. The van der Waals surface area contributed by atoms with E-state index < -0.39 is 18.0 Å². The molecule has 1 heterocycles. The molecule has 1 aromatic rings. The van der Waals surface area contributed by atoms with Crippen LogP contribution >= 0.6 is 15.9 Å². The van der Waals surface area contributed by atoms with Crippen molar-refractivity contribution >= 4 is 27.9 Å². The zero-order valence-corrected chi connectivity index (χ0v) is 9.15. The zero-order valence-electron chi connectivity index (χ0n) is 7.57. The molecule has 1 N–H and O–H groups in total. The monoisotopic (exact) mass is 270 g/mol. The Kier molecular flexibility index (Phi) is 2.48. The predicted octanol–water partition coefficient (Wildman–Crippen LogP) is 1.62. The van der Waals surface area contributed by atoms with E-state index in [0.29, 0.717) is 11.1 Å². The number of halogens is 1. The van der Waals surface area contributed by atoms with Crippen LogP contribution in [-0.2, 0) is 16.0 Å². The fourth-order valence-electron chi connectivity index (χ4n) is 1.51. The lowest BCUT2D eigenvalue weighted by atomic mass is 9.99. The summed E-state index contributed by atoms with van der Waals surface area (Å²) in [4.78, 5) is 22.2. The summed E-state index contributed by atoms with van der Waals surface area (Å²) >= 11 is 3.29. The Balaban J connectivity index is 2.46. The number of hydrogen-bond acceptors (Lipinski definition) is 3. The van der Waals surface area contributed by atoms with Crippen LogP contribution in [0.3, 0.4) is 0 Å². The van der Waals surface area contributed by atoms with Crippen LogP contribution in [0.4, 0.5) is 0 Å². The predicted molar refractivity (Wildman–Crippen MR) is 54.7 cm³/mol. The summed E-state index contributed by atoms with van der Waals surface area (Å²) in [7, 11) is 0. The number of carboxylic acid groups (broad SMARTS) is 1. The molecule has 1 aliphatic heterocycles. The number of hydrogen-bond donors (Lipinski definition) is 1. The lowest BCUT2D eigenvalue weighted by molar-refractivity contribution is -0.147. The largest absolute Gasteiger partial charge is 0.478 e. The normalized spacial score (nSPS) is 19.3. The number of benzene rings is 1. The summed E-state index contributed by atoms with van der Waals surface area (Å²) in [5, 5.41) is 8.78. The fraction of sp³-hybridized carbons (Fsp3) is 0.200. The molecule has 4 nitrogen and oxygen atoms in total. The van der Waals surface area contributed by atoms with E-state index in [1.54, 1.807) is 18.2 Å². The summed E-state index contributed by atoms with van der Waals surface area (Å²) in [6.45, 7) is 0. The summed E-state index contributed by atoms with van der Waals surface area (Å²) < 4.78 is 5.51. The van der Waals surface area contributed by atoms with Gasteiger partial charge in [-0.2, -0.15) is 0 Å². The average molecular weight is 271 g/mol. The second-order valence-electron chi connectivity index (χ2n) is 3.20. The number of carbonyl (C=O) groups excluding carboxylic acids is 1. The number of carbonyl (C=O) groups is 2. The van der Waals surface area contributed by atoms with Gasteiger partial charge in [-0.05, 0) is 17.7 Å². The van der Waals surface area contributed by atoms with Gasteiger partial charge in [0.15, 0.2) is 0 Å². The van der Waals surface area contributed by atoms with Crippen molar-refractivity contribution in [1.29, 1.82) is 0 Å². The second kappa shape index (κ2) is 3.66. The maximum Gasteiger partial charge on any atom is 0.345 e. The van der Waals surface area contributed by atoms with E-state index in [9.17, 15) is 9.59 Å². The molecular formula is C10H7BrO4. The Labute approximate surface area is 94.0 Å². The molecule has 78 valence electrons. The first-order chi connectivity index (χ1) is 7.09. The Bertz CT molecular complexity index is 441. The Morgan fingerprint density at radius 2 is 2.27 bits per heavy atom. The molecule has 1 unspecified atom stereocenters. The van der Waals surface area contributed by atoms with Gasteiger partial charge in [0.1, 0.15) is 0 Å². The lowest BCUT2D eigenvalue weighted by Crippen LogP contribution is -2.34. The standard InChI is InChI=1S/C10H7BrO4/c11-7-3-1-2-5-6(7)4-8(9(12)13)15-10(5)14/h1-3,8H,4H2,(H,12,13). The molecule has 0 spiro atoms. The lowest BCUT2D eigenvalue weighted by Gasteiger charge is -2.22. The number of fused-ring (bicyclic) bond motifs is 1. The molecule has 0 bridgehead atoms. The number of aliphatic carboxylic acids is 1. The molecule has 0 saturated heterocycles. The molecule has 0 aromatic heterocycles. The molecule has 1 atom stereocenters. The van der Waals surface area contributed by atoms with Crippen molar-refractivity contribution in [3.63, 3.8) is 0 Å². The summed E-state index contributed by atoms with van der Waals surface area (Å²) in [6.07, 6.45) is -0.874. The van der Waals surface area contributed by atoms with Crippen molar-refractivity contribution < 1.29 is 19.4 Å². The van der Waals surface area contributed by atoms with Gasteiger partial charge >= 0.3 is 11.9 Å².